The fraction of sp³-hybridized carbons (Fsp3) is 0.368. The number of hydrogen-bond donors (Lipinski definition) is 0. The molecule has 0 unspecified atom stereocenters. The van der Waals surface area contributed by atoms with Crippen molar-refractivity contribution in [3.05, 3.63) is 42.0 Å². The Balaban J connectivity index is 1.85. The summed E-state index contributed by atoms with van der Waals surface area (Å²) in [5.74, 6) is 0.564. The van der Waals surface area contributed by atoms with E-state index < -0.39 is 0 Å². The summed E-state index contributed by atoms with van der Waals surface area (Å²) < 4.78 is 11.0. The number of ether oxygens (including phenoxy) is 2. The van der Waals surface area contributed by atoms with Gasteiger partial charge in [-0.05, 0) is 24.6 Å². The quantitative estimate of drug-likeness (QED) is 0.793. The third-order valence-electron chi connectivity index (χ3n) is 3.89. The molecule has 126 valence electrons. The van der Waals surface area contributed by atoms with Crippen molar-refractivity contribution < 1.29 is 14.3 Å². The molecular formula is C19H22N2O3. The maximum atomic E-state index is 12.3. The topological polar surface area (TPSA) is 51.7 Å². The van der Waals surface area contributed by atoms with Gasteiger partial charge in [-0.15, -0.1) is 0 Å². The van der Waals surface area contributed by atoms with Gasteiger partial charge in [-0.3, -0.25) is 4.79 Å². The molecule has 2 heterocycles. The maximum absolute atomic E-state index is 12.3. The van der Waals surface area contributed by atoms with E-state index in [1.54, 1.807) is 17.1 Å². The Hall–Kier alpha value is -2.40. The molecule has 2 aromatic rings. The van der Waals surface area contributed by atoms with E-state index in [1.165, 1.54) is 0 Å². The number of pyridine rings is 1. The second-order valence-electron chi connectivity index (χ2n) is 5.69. The zero-order valence-corrected chi connectivity index (χ0v) is 13.9. The first-order valence-electron chi connectivity index (χ1n) is 8.35. The SMILES string of the molecule is CCCOc1nc2ccccc2cc1C=CC(=O)N1CCOCC1. The molecule has 1 saturated heterocycles. The van der Waals surface area contributed by atoms with E-state index in [0.29, 0.717) is 38.8 Å². The van der Waals surface area contributed by atoms with Crippen molar-refractivity contribution in [2.75, 3.05) is 32.9 Å². The van der Waals surface area contributed by atoms with Gasteiger partial charge in [0.25, 0.3) is 0 Å². The molecule has 1 aliphatic heterocycles. The molecule has 0 spiro atoms. The molecule has 1 aliphatic rings. The molecule has 5 nitrogen and oxygen atoms in total. The minimum atomic E-state index is -0.00657. The van der Waals surface area contributed by atoms with Gasteiger partial charge in [-0.2, -0.15) is 0 Å². The fourth-order valence-electron chi connectivity index (χ4n) is 2.60. The third kappa shape index (κ3) is 3.92. The second kappa shape index (κ2) is 7.93. The van der Waals surface area contributed by atoms with Crippen LogP contribution in [0.25, 0.3) is 17.0 Å². The highest BCUT2D eigenvalue weighted by Gasteiger charge is 2.14. The molecule has 0 N–H and O–H groups in total. The number of carbonyl (C=O) groups excluding carboxylic acids is 1. The van der Waals surface area contributed by atoms with E-state index in [9.17, 15) is 4.79 Å². The lowest BCUT2D eigenvalue weighted by Crippen LogP contribution is -2.39. The summed E-state index contributed by atoms with van der Waals surface area (Å²) in [4.78, 5) is 18.7. The zero-order valence-electron chi connectivity index (χ0n) is 13.9. The van der Waals surface area contributed by atoms with Crippen LogP contribution in [0.2, 0.25) is 0 Å². The van der Waals surface area contributed by atoms with Crippen LogP contribution in [0.5, 0.6) is 5.88 Å². The van der Waals surface area contributed by atoms with Crippen molar-refractivity contribution in [1.82, 2.24) is 9.88 Å². The molecule has 0 radical (unpaired) electrons. The van der Waals surface area contributed by atoms with E-state index in [2.05, 4.69) is 11.9 Å². The average molecular weight is 326 g/mol. The van der Waals surface area contributed by atoms with Gasteiger partial charge < -0.3 is 14.4 Å². The molecule has 1 fully saturated rings. The highest BCUT2D eigenvalue weighted by molar-refractivity contribution is 5.93. The highest BCUT2D eigenvalue weighted by atomic mass is 16.5. The van der Waals surface area contributed by atoms with E-state index in [0.717, 1.165) is 22.9 Å². The summed E-state index contributed by atoms with van der Waals surface area (Å²) in [7, 11) is 0. The van der Waals surface area contributed by atoms with Crippen LogP contribution in [0.4, 0.5) is 0 Å². The van der Waals surface area contributed by atoms with Gasteiger partial charge in [0.1, 0.15) is 0 Å². The molecule has 3 rings (SSSR count). The first kappa shape index (κ1) is 16.5. The van der Waals surface area contributed by atoms with Gasteiger partial charge in [0.2, 0.25) is 11.8 Å². The number of aromatic nitrogens is 1. The maximum Gasteiger partial charge on any atom is 0.246 e. The number of hydrogen-bond acceptors (Lipinski definition) is 4. The van der Waals surface area contributed by atoms with Gasteiger partial charge in [-0.1, -0.05) is 25.1 Å². The highest BCUT2D eigenvalue weighted by Crippen LogP contribution is 2.24. The Morgan fingerprint density at radius 1 is 1.33 bits per heavy atom. The van der Waals surface area contributed by atoms with Gasteiger partial charge in [-0.25, -0.2) is 4.98 Å². The van der Waals surface area contributed by atoms with Crippen LogP contribution in [-0.2, 0) is 9.53 Å². The van der Waals surface area contributed by atoms with Crippen LogP contribution in [0.1, 0.15) is 18.9 Å². The molecular weight excluding hydrogens is 304 g/mol. The molecule has 5 heteroatoms. The van der Waals surface area contributed by atoms with Crippen LogP contribution < -0.4 is 4.74 Å². The molecule has 1 amide bonds. The lowest BCUT2D eigenvalue weighted by atomic mass is 10.1. The predicted octanol–water partition coefficient (Wildman–Crippen LogP) is 2.90. The number of nitrogens with zero attached hydrogens (tertiary/aromatic N) is 2. The Kier molecular flexibility index (Phi) is 5.43. The van der Waals surface area contributed by atoms with Crippen LogP contribution in [0.3, 0.4) is 0 Å². The zero-order chi connectivity index (χ0) is 16.8. The molecule has 1 aromatic carbocycles. The Bertz CT molecular complexity index is 736. The van der Waals surface area contributed by atoms with Gasteiger partial charge in [0.05, 0.1) is 25.3 Å². The predicted molar refractivity (Wildman–Crippen MR) is 94.0 cm³/mol. The largest absolute Gasteiger partial charge is 0.477 e. The summed E-state index contributed by atoms with van der Waals surface area (Å²) in [5, 5.41) is 1.03. The Labute approximate surface area is 141 Å². The minimum Gasteiger partial charge on any atom is -0.477 e. The summed E-state index contributed by atoms with van der Waals surface area (Å²) in [6, 6.07) is 9.91. The molecule has 0 bridgehead atoms. The fourth-order valence-corrected chi connectivity index (χ4v) is 2.60. The molecule has 0 saturated carbocycles. The molecule has 1 aromatic heterocycles. The monoisotopic (exact) mass is 326 g/mol. The van der Waals surface area contributed by atoms with E-state index in [4.69, 9.17) is 9.47 Å². The number of carbonyl (C=O) groups is 1. The van der Waals surface area contributed by atoms with Gasteiger partial charge in [0, 0.05) is 30.1 Å². The van der Waals surface area contributed by atoms with Gasteiger partial charge in [0.15, 0.2) is 0 Å². The number of amides is 1. The van der Waals surface area contributed by atoms with Crippen LogP contribution in [-0.4, -0.2) is 48.7 Å². The number of morpholine rings is 1. The van der Waals surface area contributed by atoms with Gasteiger partial charge >= 0.3 is 0 Å². The van der Waals surface area contributed by atoms with Crippen molar-refractivity contribution in [3.63, 3.8) is 0 Å². The number of para-hydroxylation sites is 1. The summed E-state index contributed by atoms with van der Waals surface area (Å²) >= 11 is 0. The summed E-state index contributed by atoms with van der Waals surface area (Å²) in [6.07, 6.45) is 4.29. The summed E-state index contributed by atoms with van der Waals surface area (Å²) in [5.41, 5.74) is 1.71. The first-order chi connectivity index (χ1) is 11.8. The Morgan fingerprint density at radius 3 is 2.92 bits per heavy atom. The molecule has 24 heavy (non-hydrogen) atoms. The normalized spacial score (nSPS) is 15.1. The minimum absolute atomic E-state index is 0.00657. The summed E-state index contributed by atoms with van der Waals surface area (Å²) in [6.45, 7) is 5.13. The van der Waals surface area contributed by atoms with Crippen molar-refractivity contribution >= 4 is 22.9 Å². The molecule has 0 atom stereocenters. The lowest BCUT2D eigenvalue weighted by molar-refractivity contribution is -0.129. The van der Waals surface area contributed by atoms with E-state index in [1.807, 2.05) is 30.3 Å². The van der Waals surface area contributed by atoms with E-state index in [-0.39, 0.29) is 5.91 Å². The average Bonchev–Trinajstić information content (AvgIpc) is 2.64. The first-order valence-corrected chi connectivity index (χ1v) is 8.35. The van der Waals surface area contributed by atoms with Crippen molar-refractivity contribution in [2.24, 2.45) is 0 Å². The van der Waals surface area contributed by atoms with Crippen molar-refractivity contribution in [1.29, 1.82) is 0 Å². The van der Waals surface area contributed by atoms with Crippen LogP contribution in [0.15, 0.2) is 36.4 Å². The Morgan fingerprint density at radius 2 is 2.12 bits per heavy atom. The van der Waals surface area contributed by atoms with Crippen molar-refractivity contribution in [2.45, 2.75) is 13.3 Å². The number of benzene rings is 1. The van der Waals surface area contributed by atoms with Crippen molar-refractivity contribution in [3.8, 4) is 5.88 Å². The third-order valence-corrected chi connectivity index (χ3v) is 3.89. The number of rotatable bonds is 5. The standard InChI is InChI=1S/C19H22N2O3/c1-2-11-24-19-16(14-15-5-3-4-6-17(15)20-19)7-8-18(22)21-9-12-23-13-10-21/h3-8,14H,2,9-13H2,1H3. The van der Waals surface area contributed by atoms with E-state index >= 15 is 0 Å². The lowest BCUT2D eigenvalue weighted by Gasteiger charge is -2.25. The van der Waals surface area contributed by atoms with Crippen LogP contribution >= 0.6 is 0 Å². The molecule has 0 aliphatic carbocycles. The smallest absolute Gasteiger partial charge is 0.246 e. The van der Waals surface area contributed by atoms with Crippen LogP contribution in [0, 0.1) is 0 Å². The second-order valence-corrected chi connectivity index (χ2v) is 5.69. The number of fused-ring (bicyclic) bond motifs is 1.